The third kappa shape index (κ3) is 3.72. The first kappa shape index (κ1) is 16.0. The number of carbonyl (C=O) groups excluding carboxylic acids is 1. The van der Waals surface area contributed by atoms with E-state index in [0.29, 0.717) is 18.8 Å². The van der Waals surface area contributed by atoms with Crippen molar-refractivity contribution in [3.05, 3.63) is 0 Å². The molecule has 108 valence electrons. The molecule has 3 nitrogen and oxygen atoms in total. The Morgan fingerprint density at radius 1 is 1.26 bits per heavy atom. The molecule has 1 heterocycles. The van der Waals surface area contributed by atoms with Crippen LogP contribution in [0.1, 0.15) is 65.7 Å². The second kappa shape index (κ2) is 7.53. The minimum Gasteiger partial charge on any atom is -0.341 e. The number of hydrogen-bond acceptors (Lipinski definition) is 2. The quantitative estimate of drug-likeness (QED) is 0.703. The van der Waals surface area contributed by atoms with Crippen LogP contribution >= 0.6 is 0 Å². The second-order valence-corrected chi connectivity index (χ2v) is 5.89. The van der Waals surface area contributed by atoms with Gasteiger partial charge in [0.2, 0.25) is 5.91 Å². The van der Waals surface area contributed by atoms with Crippen LogP contribution in [0.15, 0.2) is 0 Å². The van der Waals surface area contributed by atoms with Crippen LogP contribution in [0.3, 0.4) is 0 Å². The van der Waals surface area contributed by atoms with E-state index >= 15 is 0 Å². The minimum absolute atomic E-state index is 0.0947. The van der Waals surface area contributed by atoms with Crippen molar-refractivity contribution in [2.24, 2.45) is 11.3 Å². The third-order valence-corrected chi connectivity index (χ3v) is 4.25. The summed E-state index contributed by atoms with van der Waals surface area (Å²) in [5, 5.41) is 9.54. The molecule has 1 amide bonds. The van der Waals surface area contributed by atoms with Gasteiger partial charge in [-0.1, -0.05) is 40.0 Å². The molecule has 0 radical (unpaired) electrons. The van der Waals surface area contributed by atoms with E-state index in [2.05, 4.69) is 26.8 Å². The van der Waals surface area contributed by atoms with Crippen molar-refractivity contribution in [3.8, 4) is 6.07 Å². The summed E-state index contributed by atoms with van der Waals surface area (Å²) in [6.45, 7) is 8.01. The smallest absolute Gasteiger partial charge is 0.243 e. The van der Waals surface area contributed by atoms with Crippen LogP contribution in [-0.4, -0.2) is 23.9 Å². The van der Waals surface area contributed by atoms with Crippen molar-refractivity contribution in [1.29, 1.82) is 5.26 Å². The first-order chi connectivity index (χ1) is 9.13. The largest absolute Gasteiger partial charge is 0.341 e. The Kier molecular flexibility index (Phi) is 6.34. The van der Waals surface area contributed by atoms with Crippen LogP contribution in [0.2, 0.25) is 0 Å². The summed E-state index contributed by atoms with van der Waals surface area (Å²) in [6.07, 6.45) is 6.68. The van der Waals surface area contributed by atoms with Crippen molar-refractivity contribution >= 4 is 5.91 Å². The first-order valence-corrected chi connectivity index (χ1v) is 7.84. The summed E-state index contributed by atoms with van der Waals surface area (Å²) in [4.78, 5) is 14.7. The number of likely N-dealkylation sites (tertiary alicyclic amines) is 1. The number of rotatable bonds is 7. The molecule has 0 N–H and O–H groups in total. The number of nitrogens with zero attached hydrogens (tertiary/aromatic N) is 2. The summed E-state index contributed by atoms with van der Waals surface area (Å²) in [7, 11) is 0. The molecular weight excluding hydrogens is 236 g/mol. The molecule has 0 bridgehead atoms. The molecule has 0 saturated carbocycles. The van der Waals surface area contributed by atoms with Crippen LogP contribution in [0.5, 0.6) is 0 Å². The van der Waals surface area contributed by atoms with E-state index in [1.807, 2.05) is 4.90 Å². The van der Waals surface area contributed by atoms with Crippen molar-refractivity contribution in [1.82, 2.24) is 4.90 Å². The van der Waals surface area contributed by atoms with Crippen LogP contribution in [0.25, 0.3) is 0 Å². The van der Waals surface area contributed by atoms with Gasteiger partial charge in [-0.3, -0.25) is 4.79 Å². The maximum Gasteiger partial charge on any atom is 0.243 e. The lowest BCUT2D eigenvalue weighted by Crippen LogP contribution is -2.42. The van der Waals surface area contributed by atoms with E-state index in [0.717, 1.165) is 32.4 Å². The molecular formula is C16H28N2O. The lowest BCUT2D eigenvalue weighted by Gasteiger charge is -2.30. The lowest BCUT2D eigenvalue weighted by atomic mass is 9.79. The summed E-state index contributed by atoms with van der Waals surface area (Å²) in [5.41, 5.74) is -0.759. The van der Waals surface area contributed by atoms with Crippen molar-refractivity contribution in [2.75, 3.05) is 13.1 Å². The fourth-order valence-corrected chi connectivity index (χ4v) is 3.32. The van der Waals surface area contributed by atoms with Gasteiger partial charge in [0.15, 0.2) is 0 Å². The Morgan fingerprint density at radius 3 is 2.37 bits per heavy atom. The molecule has 1 aliphatic rings. The van der Waals surface area contributed by atoms with Gasteiger partial charge in [-0.15, -0.1) is 0 Å². The number of nitriles is 1. The van der Waals surface area contributed by atoms with E-state index in [4.69, 9.17) is 0 Å². The molecule has 1 rings (SSSR count). The molecule has 0 aromatic rings. The maximum atomic E-state index is 12.7. The molecule has 3 heteroatoms. The van der Waals surface area contributed by atoms with Gasteiger partial charge in [0.25, 0.3) is 0 Å². The SMILES string of the molecule is CCCC1CCN(C(=O)C(C#N)(CCC)CCC)C1. The summed E-state index contributed by atoms with van der Waals surface area (Å²) >= 11 is 0. The Hall–Kier alpha value is -1.04. The molecule has 1 atom stereocenters. The van der Waals surface area contributed by atoms with Gasteiger partial charge in [0, 0.05) is 13.1 Å². The molecule has 0 aliphatic carbocycles. The van der Waals surface area contributed by atoms with Crippen molar-refractivity contribution in [3.63, 3.8) is 0 Å². The van der Waals surface area contributed by atoms with Gasteiger partial charge in [-0.2, -0.15) is 5.26 Å². The van der Waals surface area contributed by atoms with E-state index in [9.17, 15) is 10.1 Å². The topological polar surface area (TPSA) is 44.1 Å². The highest BCUT2D eigenvalue weighted by molar-refractivity contribution is 5.85. The Labute approximate surface area is 118 Å². The zero-order valence-electron chi connectivity index (χ0n) is 12.7. The van der Waals surface area contributed by atoms with Crippen LogP contribution in [0, 0.1) is 22.7 Å². The van der Waals surface area contributed by atoms with Crippen molar-refractivity contribution < 1.29 is 4.79 Å². The van der Waals surface area contributed by atoms with Gasteiger partial charge >= 0.3 is 0 Å². The highest BCUT2D eigenvalue weighted by atomic mass is 16.2. The molecule has 1 aliphatic heterocycles. The predicted molar refractivity (Wildman–Crippen MR) is 77.5 cm³/mol. The zero-order valence-corrected chi connectivity index (χ0v) is 12.7. The molecule has 0 aromatic heterocycles. The molecule has 1 fully saturated rings. The first-order valence-electron chi connectivity index (χ1n) is 7.84. The molecule has 1 unspecified atom stereocenters. The highest BCUT2D eigenvalue weighted by Gasteiger charge is 2.41. The van der Waals surface area contributed by atoms with Gasteiger partial charge in [-0.05, 0) is 31.6 Å². The highest BCUT2D eigenvalue weighted by Crippen LogP contribution is 2.34. The van der Waals surface area contributed by atoms with Crippen LogP contribution in [0.4, 0.5) is 0 Å². The van der Waals surface area contributed by atoms with Gasteiger partial charge < -0.3 is 4.90 Å². The number of carbonyl (C=O) groups is 1. The number of hydrogen-bond donors (Lipinski definition) is 0. The standard InChI is InChI=1S/C16H28N2O/c1-4-7-14-8-11-18(12-14)15(19)16(13-17,9-5-2)10-6-3/h14H,4-12H2,1-3H3. The summed E-state index contributed by atoms with van der Waals surface area (Å²) in [5.74, 6) is 0.742. The van der Waals surface area contributed by atoms with E-state index in [-0.39, 0.29) is 5.91 Å². The van der Waals surface area contributed by atoms with E-state index < -0.39 is 5.41 Å². The summed E-state index contributed by atoms with van der Waals surface area (Å²) in [6, 6.07) is 2.35. The number of amides is 1. The monoisotopic (exact) mass is 264 g/mol. The predicted octanol–water partition coefficient (Wildman–Crippen LogP) is 3.75. The fourth-order valence-electron chi connectivity index (χ4n) is 3.32. The normalized spacial score (nSPS) is 19.5. The average molecular weight is 264 g/mol. The minimum atomic E-state index is -0.759. The van der Waals surface area contributed by atoms with Crippen LogP contribution < -0.4 is 0 Å². The Bertz CT molecular complexity index is 326. The average Bonchev–Trinajstić information content (AvgIpc) is 2.86. The van der Waals surface area contributed by atoms with E-state index in [1.165, 1.54) is 12.8 Å². The Morgan fingerprint density at radius 2 is 1.89 bits per heavy atom. The second-order valence-electron chi connectivity index (χ2n) is 5.89. The molecule has 0 spiro atoms. The van der Waals surface area contributed by atoms with Gasteiger partial charge in [0.05, 0.1) is 6.07 Å². The third-order valence-electron chi connectivity index (χ3n) is 4.25. The lowest BCUT2D eigenvalue weighted by molar-refractivity contribution is -0.138. The van der Waals surface area contributed by atoms with Crippen molar-refractivity contribution in [2.45, 2.75) is 65.7 Å². The molecule has 0 aromatic carbocycles. The Balaban J connectivity index is 2.75. The maximum absolute atomic E-state index is 12.7. The zero-order chi connectivity index (χ0) is 14.3. The van der Waals surface area contributed by atoms with Gasteiger partial charge in [-0.25, -0.2) is 0 Å². The van der Waals surface area contributed by atoms with Gasteiger partial charge in [0.1, 0.15) is 5.41 Å². The molecule has 1 saturated heterocycles. The summed E-state index contributed by atoms with van der Waals surface area (Å²) < 4.78 is 0. The fraction of sp³-hybridized carbons (Fsp3) is 0.875. The van der Waals surface area contributed by atoms with E-state index in [1.54, 1.807) is 0 Å². The molecule has 19 heavy (non-hydrogen) atoms. The van der Waals surface area contributed by atoms with Crippen LogP contribution in [-0.2, 0) is 4.79 Å².